The number of nitrogens with zero attached hydrogens (tertiary/aromatic N) is 1. The molecule has 0 fully saturated rings. The van der Waals surface area contributed by atoms with Crippen molar-refractivity contribution in [2.45, 2.75) is 26.7 Å². The first kappa shape index (κ1) is 19.5. The van der Waals surface area contributed by atoms with Gasteiger partial charge in [0.05, 0.1) is 6.26 Å². The number of rotatable bonds is 8. The van der Waals surface area contributed by atoms with E-state index >= 15 is 0 Å². The monoisotopic (exact) mass is 348 g/mol. The summed E-state index contributed by atoms with van der Waals surface area (Å²) >= 11 is 0. The molecule has 1 aromatic carbocycles. The molecule has 1 aromatic rings. The molecular weight excluding hydrogens is 326 g/mol. The van der Waals surface area contributed by atoms with E-state index in [1.807, 2.05) is 13.8 Å². The summed E-state index contributed by atoms with van der Waals surface area (Å²) in [5, 5.41) is 2.14. The number of carbonyl (C=O) groups is 1. The van der Waals surface area contributed by atoms with Gasteiger partial charge in [0.15, 0.2) is 0 Å². The van der Waals surface area contributed by atoms with Crippen LogP contribution in [0.3, 0.4) is 0 Å². The minimum Gasteiger partial charge on any atom is -0.321 e. The van der Waals surface area contributed by atoms with Crippen LogP contribution in [0.4, 0.5) is 14.5 Å². The molecule has 1 amide bonds. The van der Waals surface area contributed by atoms with Crippen LogP contribution in [0.25, 0.3) is 0 Å². The molecule has 0 saturated heterocycles. The van der Waals surface area contributed by atoms with Gasteiger partial charge in [-0.05, 0) is 24.5 Å². The highest BCUT2D eigenvalue weighted by Crippen LogP contribution is 2.18. The SMILES string of the molecule is CC(C)CCN(CCC(=O)Nc1c(F)cccc1F)S(C)(=O)=O. The predicted octanol–water partition coefficient (Wildman–Crippen LogP) is 2.60. The fraction of sp³-hybridized carbons (Fsp3) is 0.533. The van der Waals surface area contributed by atoms with E-state index in [1.54, 1.807) is 0 Å². The van der Waals surface area contributed by atoms with Crippen LogP contribution in [-0.4, -0.2) is 38.0 Å². The minimum atomic E-state index is -3.44. The van der Waals surface area contributed by atoms with E-state index in [0.29, 0.717) is 18.9 Å². The van der Waals surface area contributed by atoms with Gasteiger partial charge in [-0.3, -0.25) is 4.79 Å². The van der Waals surface area contributed by atoms with E-state index in [1.165, 1.54) is 10.4 Å². The molecule has 0 radical (unpaired) electrons. The number of anilines is 1. The van der Waals surface area contributed by atoms with Gasteiger partial charge in [-0.15, -0.1) is 0 Å². The lowest BCUT2D eigenvalue weighted by Crippen LogP contribution is -2.34. The molecule has 0 saturated carbocycles. The number of halogens is 2. The van der Waals surface area contributed by atoms with E-state index in [9.17, 15) is 22.0 Å². The molecule has 0 aliphatic carbocycles. The molecule has 0 aliphatic rings. The topological polar surface area (TPSA) is 66.5 Å². The van der Waals surface area contributed by atoms with Crippen molar-refractivity contribution in [2.75, 3.05) is 24.7 Å². The number of para-hydroxylation sites is 1. The van der Waals surface area contributed by atoms with Crippen molar-refractivity contribution in [1.82, 2.24) is 4.31 Å². The maximum atomic E-state index is 13.4. The van der Waals surface area contributed by atoms with Crippen molar-refractivity contribution in [3.05, 3.63) is 29.8 Å². The lowest BCUT2D eigenvalue weighted by molar-refractivity contribution is -0.116. The van der Waals surface area contributed by atoms with Crippen LogP contribution in [0.15, 0.2) is 18.2 Å². The lowest BCUT2D eigenvalue weighted by Gasteiger charge is -2.20. The Balaban J connectivity index is 2.65. The van der Waals surface area contributed by atoms with Crippen LogP contribution < -0.4 is 5.32 Å². The average Bonchev–Trinajstić information content (AvgIpc) is 2.41. The Morgan fingerprint density at radius 3 is 2.26 bits per heavy atom. The normalized spacial score (nSPS) is 12.0. The quantitative estimate of drug-likeness (QED) is 0.785. The Kier molecular flexibility index (Phi) is 7.08. The van der Waals surface area contributed by atoms with Crippen LogP contribution in [0, 0.1) is 17.6 Å². The number of nitrogens with one attached hydrogen (secondary N) is 1. The molecule has 0 bridgehead atoms. The highest BCUT2D eigenvalue weighted by molar-refractivity contribution is 7.88. The zero-order valence-corrected chi connectivity index (χ0v) is 14.3. The van der Waals surface area contributed by atoms with Crippen LogP contribution >= 0.6 is 0 Å². The Hall–Kier alpha value is -1.54. The standard InChI is InChI=1S/C15H22F2N2O3S/c1-11(2)7-9-19(23(3,21)22)10-8-14(20)18-15-12(16)5-4-6-13(15)17/h4-6,11H,7-10H2,1-3H3,(H,18,20). The second-order valence-corrected chi connectivity index (χ2v) is 7.72. The lowest BCUT2D eigenvalue weighted by atomic mass is 10.1. The number of benzene rings is 1. The van der Waals surface area contributed by atoms with Gasteiger partial charge in [0.2, 0.25) is 15.9 Å². The maximum Gasteiger partial charge on any atom is 0.225 e. The van der Waals surface area contributed by atoms with Crippen LogP contribution in [-0.2, 0) is 14.8 Å². The minimum absolute atomic E-state index is 0.0343. The maximum absolute atomic E-state index is 13.4. The summed E-state index contributed by atoms with van der Waals surface area (Å²) in [7, 11) is -3.44. The van der Waals surface area contributed by atoms with E-state index in [0.717, 1.165) is 18.4 Å². The van der Waals surface area contributed by atoms with Crippen LogP contribution in [0.1, 0.15) is 26.7 Å². The Labute approximate surface area is 135 Å². The van der Waals surface area contributed by atoms with Crippen LogP contribution in [0.2, 0.25) is 0 Å². The summed E-state index contributed by atoms with van der Waals surface area (Å²) in [5.74, 6) is -2.08. The summed E-state index contributed by atoms with van der Waals surface area (Å²) in [6.45, 7) is 4.20. The van der Waals surface area contributed by atoms with Crippen molar-refractivity contribution in [3.8, 4) is 0 Å². The summed E-state index contributed by atoms with van der Waals surface area (Å²) in [5.41, 5.74) is -0.523. The van der Waals surface area contributed by atoms with Gasteiger partial charge in [-0.2, -0.15) is 0 Å². The van der Waals surface area contributed by atoms with Gasteiger partial charge >= 0.3 is 0 Å². The van der Waals surface area contributed by atoms with Gasteiger partial charge in [-0.25, -0.2) is 21.5 Å². The largest absolute Gasteiger partial charge is 0.321 e. The van der Waals surface area contributed by atoms with Crippen molar-refractivity contribution in [1.29, 1.82) is 0 Å². The smallest absolute Gasteiger partial charge is 0.225 e. The number of amides is 1. The Morgan fingerprint density at radius 1 is 1.22 bits per heavy atom. The summed E-state index contributed by atoms with van der Waals surface area (Å²) in [4.78, 5) is 11.8. The molecule has 1 rings (SSSR count). The second-order valence-electron chi connectivity index (χ2n) is 5.74. The van der Waals surface area contributed by atoms with E-state index in [2.05, 4.69) is 5.32 Å². The van der Waals surface area contributed by atoms with Crippen LogP contribution in [0.5, 0.6) is 0 Å². The fourth-order valence-corrected chi connectivity index (χ4v) is 2.75. The van der Waals surface area contributed by atoms with Gasteiger partial charge < -0.3 is 5.32 Å². The number of hydrogen-bond acceptors (Lipinski definition) is 3. The van der Waals surface area contributed by atoms with Crippen molar-refractivity contribution >= 4 is 21.6 Å². The number of sulfonamides is 1. The van der Waals surface area contributed by atoms with Gasteiger partial charge in [0.25, 0.3) is 0 Å². The molecule has 0 unspecified atom stereocenters. The molecule has 0 aromatic heterocycles. The fourth-order valence-electron chi connectivity index (χ4n) is 1.89. The third-order valence-corrected chi connectivity index (χ3v) is 4.54. The van der Waals surface area contributed by atoms with Gasteiger partial charge in [-0.1, -0.05) is 19.9 Å². The van der Waals surface area contributed by atoms with Gasteiger partial charge in [0, 0.05) is 19.5 Å². The Bertz CT molecular complexity index is 628. The first-order chi connectivity index (χ1) is 10.6. The number of carbonyl (C=O) groups excluding carboxylic acids is 1. The molecular formula is C15H22F2N2O3S. The average molecular weight is 348 g/mol. The highest BCUT2D eigenvalue weighted by atomic mass is 32.2. The summed E-state index contributed by atoms with van der Waals surface area (Å²) < 4.78 is 51.5. The molecule has 1 N–H and O–H groups in total. The van der Waals surface area contributed by atoms with E-state index in [-0.39, 0.29) is 13.0 Å². The molecule has 5 nitrogen and oxygen atoms in total. The third kappa shape index (κ3) is 6.62. The second kappa shape index (κ2) is 8.35. The van der Waals surface area contributed by atoms with Crippen molar-refractivity contribution in [3.63, 3.8) is 0 Å². The van der Waals surface area contributed by atoms with Gasteiger partial charge in [0.1, 0.15) is 17.3 Å². The molecule has 0 atom stereocenters. The third-order valence-electron chi connectivity index (χ3n) is 3.24. The number of hydrogen-bond donors (Lipinski definition) is 1. The zero-order valence-electron chi connectivity index (χ0n) is 13.5. The summed E-state index contributed by atoms with van der Waals surface area (Å²) in [6.07, 6.45) is 1.55. The van der Waals surface area contributed by atoms with Crippen molar-refractivity contribution < 1.29 is 22.0 Å². The molecule has 0 spiro atoms. The van der Waals surface area contributed by atoms with E-state index in [4.69, 9.17) is 0 Å². The first-order valence-electron chi connectivity index (χ1n) is 7.30. The molecule has 23 heavy (non-hydrogen) atoms. The molecule has 0 heterocycles. The molecule has 0 aliphatic heterocycles. The van der Waals surface area contributed by atoms with E-state index < -0.39 is 33.3 Å². The predicted molar refractivity (Wildman–Crippen MR) is 85.5 cm³/mol. The first-order valence-corrected chi connectivity index (χ1v) is 9.15. The molecule has 130 valence electrons. The summed E-state index contributed by atoms with van der Waals surface area (Å²) in [6, 6.07) is 3.26. The zero-order chi connectivity index (χ0) is 17.6. The highest BCUT2D eigenvalue weighted by Gasteiger charge is 2.19. The Morgan fingerprint density at radius 2 is 1.78 bits per heavy atom. The van der Waals surface area contributed by atoms with Crippen molar-refractivity contribution in [2.24, 2.45) is 5.92 Å². The molecule has 8 heteroatoms.